The molecule has 8 aromatic carbocycles. The topological polar surface area (TPSA) is 4.93 Å². The first kappa shape index (κ1) is 26.0. The van der Waals surface area contributed by atoms with Crippen LogP contribution < -0.4 is 10.9 Å². The summed E-state index contributed by atoms with van der Waals surface area (Å²) in [6.45, 7) is 0.0799. The van der Waals surface area contributed by atoms with Gasteiger partial charge in [0.15, 0.2) is 0 Å². The summed E-state index contributed by atoms with van der Waals surface area (Å²) in [5, 5.41) is 5.20. The zero-order valence-electron chi connectivity index (χ0n) is 26.2. The fraction of sp³-hybridized carbons (Fsp3) is 0. The van der Waals surface area contributed by atoms with Crippen molar-refractivity contribution in [3.8, 4) is 55.6 Å². The summed E-state index contributed by atoms with van der Waals surface area (Å²) in [7, 11) is 0. The molecule has 9 aromatic rings. The Balaban J connectivity index is 1.29. The van der Waals surface area contributed by atoms with Gasteiger partial charge in [-0.05, 0) is 90.5 Å². The van der Waals surface area contributed by atoms with Crippen molar-refractivity contribution in [3.63, 3.8) is 0 Å². The minimum atomic E-state index is 0.0799. The van der Waals surface area contributed by atoms with Crippen molar-refractivity contribution in [1.82, 2.24) is 4.48 Å². The zero-order chi connectivity index (χ0) is 31.3. The van der Waals surface area contributed by atoms with E-state index in [0.29, 0.717) is 0 Å². The summed E-state index contributed by atoms with van der Waals surface area (Å²) in [5.74, 6) is 0. The lowest BCUT2D eigenvalue weighted by atomic mass is 9.45. The van der Waals surface area contributed by atoms with Crippen molar-refractivity contribution in [2.24, 2.45) is 0 Å². The van der Waals surface area contributed by atoms with E-state index in [-0.39, 0.29) is 6.85 Å². The van der Waals surface area contributed by atoms with Crippen LogP contribution in [0.15, 0.2) is 170 Å². The smallest absolute Gasteiger partial charge is 0.329 e. The molecule has 0 saturated carbocycles. The highest BCUT2D eigenvalue weighted by Gasteiger charge is 2.39. The minimum absolute atomic E-state index is 0.0799. The lowest BCUT2D eigenvalue weighted by Crippen LogP contribution is -2.53. The van der Waals surface area contributed by atoms with Crippen LogP contribution in [0.25, 0.3) is 88.2 Å². The standard InChI is InChI=1S/C46H28BN/c1-3-12-29(13-4-1)33-24-39-37-19-9-10-21-43(37)47-44-28-32(36-20-11-17-31-16-7-8-18-35(31)36)22-23-38(44)40-25-34(30-14-5-2-6-15-30)27-42-41(26-33)45(39)48(47)46(40)42/h1-28H. The van der Waals surface area contributed by atoms with Gasteiger partial charge in [0, 0.05) is 32.9 Å². The van der Waals surface area contributed by atoms with Crippen molar-refractivity contribution in [3.05, 3.63) is 170 Å². The van der Waals surface area contributed by atoms with Crippen LogP contribution in [-0.2, 0) is 0 Å². The number of aromatic nitrogens is 1. The van der Waals surface area contributed by atoms with E-state index in [9.17, 15) is 0 Å². The van der Waals surface area contributed by atoms with Crippen LogP contribution in [0.1, 0.15) is 0 Å². The van der Waals surface area contributed by atoms with Gasteiger partial charge in [-0.1, -0.05) is 146 Å². The maximum atomic E-state index is 2.68. The maximum Gasteiger partial charge on any atom is 0.329 e. The first-order chi connectivity index (χ1) is 23.8. The third-order valence-corrected chi connectivity index (χ3v) is 10.7. The minimum Gasteiger partial charge on any atom is -0.375 e. The summed E-state index contributed by atoms with van der Waals surface area (Å²) < 4.78 is 2.68. The molecule has 0 amide bonds. The molecule has 1 aromatic heterocycles. The predicted molar refractivity (Wildman–Crippen MR) is 205 cm³/mol. The number of hydrogen-bond acceptors (Lipinski definition) is 0. The molecule has 0 atom stereocenters. The largest absolute Gasteiger partial charge is 0.375 e. The molecule has 220 valence electrons. The highest BCUT2D eigenvalue weighted by molar-refractivity contribution is 6.88. The average molecular weight is 606 g/mol. The van der Waals surface area contributed by atoms with Gasteiger partial charge in [0.25, 0.3) is 0 Å². The van der Waals surface area contributed by atoms with Crippen molar-refractivity contribution in [2.75, 3.05) is 0 Å². The highest BCUT2D eigenvalue weighted by Crippen LogP contribution is 2.48. The summed E-state index contributed by atoms with van der Waals surface area (Å²) in [6, 6.07) is 63.2. The first-order valence-corrected chi connectivity index (χ1v) is 16.8. The van der Waals surface area contributed by atoms with E-state index < -0.39 is 0 Å². The Labute approximate surface area is 279 Å². The van der Waals surface area contributed by atoms with Gasteiger partial charge in [-0.15, -0.1) is 0 Å². The second kappa shape index (κ2) is 9.70. The number of rotatable bonds is 3. The lowest BCUT2D eigenvalue weighted by Gasteiger charge is -2.33. The molecular weight excluding hydrogens is 577 g/mol. The highest BCUT2D eigenvalue weighted by atomic mass is 14.9. The zero-order valence-corrected chi connectivity index (χ0v) is 26.2. The second-order valence-corrected chi connectivity index (χ2v) is 13.3. The summed E-state index contributed by atoms with van der Waals surface area (Å²) in [6.07, 6.45) is 0. The van der Waals surface area contributed by atoms with Crippen LogP contribution in [0.5, 0.6) is 0 Å². The quantitative estimate of drug-likeness (QED) is 0.177. The van der Waals surface area contributed by atoms with Crippen LogP contribution in [0.4, 0.5) is 0 Å². The molecule has 0 aliphatic carbocycles. The van der Waals surface area contributed by atoms with Gasteiger partial charge >= 0.3 is 6.85 Å². The normalized spacial score (nSPS) is 12.5. The molecule has 48 heavy (non-hydrogen) atoms. The summed E-state index contributed by atoms with van der Waals surface area (Å²) in [5.41, 5.74) is 18.2. The van der Waals surface area contributed by atoms with Gasteiger partial charge in [0.05, 0.1) is 0 Å². The van der Waals surface area contributed by atoms with E-state index in [1.54, 1.807) is 0 Å². The SMILES string of the molecule is c1ccc(-c2cc3c4c(c2)c2cc(-c5ccccc5)cc5c2n4B(c2ccccc2-3)c2cc(-c3cccc4ccccc34)ccc2-5)cc1. The van der Waals surface area contributed by atoms with Crippen molar-refractivity contribution in [2.45, 2.75) is 0 Å². The maximum absolute atomic E-state index is 2.68. The van der Waals surface area contributed by atoms with Gasteiger partial charge in [0.2, 0.25) is 0 Å². The summed E-state index contributed by atoms with van der Waals surface area (Å²) >= 11 is 0. The van der Waals surface area contributed by atoms with E-state index in [4.69, 9.17) is 0 Å². The Kier molecular flexibility index (Phi) is 5.26. The van der Waals surface area contributed by atoms with Crippen LogP contribution in [-0.4, -0.2) is 11.3 Å². The van der Waals surface area contributed by atoms with Crippen molar-refractivity contribution in [1.29, 1.82) is 0 Å². The van der Waals surface area contributed by atoms with Gasteiger partial charge in [-0.3, -0.25) is 0 Å². The molecular formula is C46H28BN. The van der Waals surface area contributed by atoms with Gasteiger partial charge in [-0.2, -0.15) is 0 Å². The molecule has 0 spiro atoms. The molecule has 0 saturated heterocycles. The molecule has 1 nitrogen and oxygen atoms in total. The van der Waals surface area contributed by atoms with Crippen LogP contribution in [0.2, 0.25) is 0 Å². The van der Waals surface area contributed by atoms with Crippen LogP contribution in [0, 0.1) is 0 Å². The van der Waals surface area contributed by atoms with Crippen molar-refractivity contribution >= 4 is 50.4 Å². The van der Waals surface area contributed by atoms with E-state index in [2.05, 4.69) is 174 Å². The fourth-order valence-electron chi connectivity index (χ4n) is 8.68. The molecule has 0 bridgehead atoms. The molecule has 11 rings (SSSR count). The predicted octanol–water partition coefficient (Wildman–Crippen LogP) is 10.6. The molecule has 2 heteroatoms. The van der Waals surface area contributed by atoms with Gasteiger partial charge in [-0.25, -0.2) is 0 Å². The van der Waals surface area contributed by atoms with E-state index >= 15 is 0 Å². The molecule has 2 aliphatic rings. The average Bonchev–Trinajstić information content (AvgIpc) is 3.49. The number of nitrogens with zero attached hydrogens (tertiary/aromatic N) is 1. The molecule has 0 fully saturated rings. The Morgan fingerprint density at radius 3 is 1.58 bits per heavy atom. The molecule has 3 heterocycles. The van der Waals surface area contributed by atoms with Crippen LogP contribution in [0.3, 0.4) is 0 Å². The second-order valence-electron chi connectivity index (χ2n) is 13.3. The number of benzene rings is 8. The Morgan fingerprint density at radius 2 is 0.875 bits per heavy atom. The van der Waals surface area contributed by atoms with Gasteiger partial charge in [0.1, 0.15) is 0 Å². The molecule has 0 unspecified atom stereocenters. The van der Waals surface area contributed by atoms with E-state index in [1.165, 1.54) is 99.1 Å². The Hall–Kier alpha value is -6.12. The monoisotopic (exact) mass is 605 g/mol. The van der Waals surface area contributed by atoms with Crippen LogP contribution >= 0.6 is 0 Å². The Morgan fingerprint density at radius 1 is 0.312 bits per heavy atom. The summed E-state index contributed by atoms with van der Waals surface area (Å²) in [4.78, 5) is 0. The third kappa shape index (κ3) is 3.52. The third-order valence-electron chi connectivity index (χ3n) is 10.7. The number of hydrogen-bond donors (Lipinski definition) is 0. The molecule has 0 radical (unpaired) electrons. The Bertz CT molecular complexity index is 2770. The first-order valence-electron chi connectivity index (χ1n) is 16.8. The number of fused-ring (bicyclic) bond motifs is 8. The van der Waals surface area contributed by atoms with E-state index in [1.807, 2.05) is 0 Å². The van der Waals surface area contributed by atoms with Crippen molar-refractivity contribution < 1.29 is 0 Å². The molecule has 0 N–H and O–H groups in total. The molecule has 2 aliphatic heterocycles. The van der Waals surface area contributed by atoms with Gasteiger partial charge < -0.3 is 4.48 Å². The van der Waals surface area contributed by atoms with E-state index in [0.717, 1.165) is 0 Å². The lowest BCUT2D eigenvalue weighted by molar-refractivity contribution is 1.31. The fourth-order valence-corrected chi connectivity index (χ4v) is 8.68.